The molecule has 156 valence electrons. The number of aryl methyl sites for hydroxylation is 1. The van der Waals surface area contributed by atoms with Crippen LogP contribution in [0.15, 0.2) is 27.7 Å². The lowest BCUT2D eigenvalue weighted by atomic mass is 10.1. The molecule has 7 nitrogen and oxygen atoms in total. The summed E-state index contributed by atoms with van der Waals surface area (Å²) in [6.07, 6.45) is 1.52. The van der Waals surface area contributed by atoms with Crippen LogP contribution in [0, 0.1) is 6.92 Å². The van der Waals surface area contributed by atoms with E-state index in [0.29, 0.717) is 18.9 Å². The average molecular weight is 501 g/mol. The molecule has 0 aliphatic rings. The molecule has 0 bridgehead atoms. The number of aliphatic imine (C=N–C) groups is 1. The van der Waals surface area contributed by atoms with Crippen molar-refractivity contribution in [3.63, 3.8) is 0 Å². The van der Waals surface area contributed by atoms with Gasteiger partial charge in [0.1, 0.15) is 5.75 Å². The van der Waals surface area contributed by atoms with Crippen LogP contribution in [0.1, 0.15) is 49.5 Å². The minimum atomic E-state index is 0. The summed E-state index contributed by atoms with van der Waals surface area (Å²) in [6, 6.07) is 6.30. The lowest BCUT2D eigenvalue weighted by Crippen LogP contribution is -2.38. The van der Waals surface area contributed by atoms with Gasteiger partial charge in [0.05, 0.1) is 13.7 Å². The van der Waals surface area contributed by atoms with Gasteiger partial charge in [-0.3, -0.25) is 4.99 Å². The summed E-state index contributed by atoms with van der Waals surface area (Å²) in [5.74, 6) is 3.36. The van der Waals surface area contributed by atoms with E-state index in [0.717, 1.165) is 42.6 Å². The highest BCUT2D eigenvalue weighted by Crippen LogP contribution is 2.19. The number of methoxy groups -OCH3 is 1. The Labute approximate surface area is 184 Å². The molecule has 1 aromatic heterocycles. The first-order chi connectivity index (χ1) is 13.0. The molecule has 1 aromatic carbocycles. The summed E-state index contributed by atoms with van der Waals surface area (Å²) < 4.78 is 10.6. The highest BCUT2D eigenvalue weighted by molar-refractivity contribution is 14.0. The van der Waals surface area contributed by atoms with Gasteiger partial charge in [0.25, 0.3) is 0 Å². The molecule has 2 aromatic rings. The van der Waals surface area contributed by atoms with Crippen molar-refractivity contribution in [3.8, 4) is 5.75 Å². The third-order valence-corrected chi connectivity index (χ3v) is 4.12. The van der Waals surface area contributed by atoms with Gasteiger partial charge in [-0.25, -0.2) is 0 Å². The molecule has 0 aliphatic carbocycles. The monoisotopic (exact) mass is 501 g/mol. The fourth-order valence-corrected chi connectivity index (χ4v) is 2.55. The van der Waals surface area contributed by atoms with E-state index in [1.165, 1.54) is 5.56 Å². The Morgan fingerprint density at radius 1 is 1.25 bits per heavy atom. The van der Waals surface area contributed by atoms with Gasteiger partial charge in [-0.05, 0) is 37.5 Å². The number of nitrogens with one attached hydrogen (secondary N) is 2. The number of benzene rings is 1. The number of nitrogens with zero attached hydrogens (tertiary/aromatic N) is 3. The molecule has 2 N–H and O–H groups in total. The van der Waals surface area contributed by atoms with Crippen molar-refractivity contribution in [3.05, 3.63) is 41.0 Å². The Bertz CT molecular complexity index is 746. The number of hydrogen-bond acceptors (Lipinski definition) is 5. The van der Waals surface area contributed by atoms with Gasteiger partial charge >= 0.3 is 0 Å². The zero-order valence-corrected chi connectivity index (χ0v) is 19.7. The molecule has 2 rings (SSSR count). The van der Waals surface area contributed by atoms with Gasteiger partial charge < -0.3 is 19.9 Å². The number of hydrogen-bond donors (Lipinski definition) is 2. The summed E-state index contributed by atoms with van der Waals surface area (Å²) in [5.41, 5.74) is 2.37. The highest BCUT2D eigenvalue weighted by atomic mass is 127. The van der Waals surface area contributed by atoms with E-state index >= 15 is 0 Å². The van der Waals surface area contributed by atoms with Crippen molar-refractivity contribution >= 4 is 29.9 Å². The number of halogens is 1. The van der Waals surface area contributed by atoms with Gasteiger partial charge in [-0.2, -0.15) is 4.98 Å². The van der Waals surface area contributed by atoms with Gasteiger partial charge in [-0.15, -0.1) is 24.0 Å². The van der Waals surface area contributed by atoms with E-state index in [-0.39, 0.29) is 29.9 Å². The summed E-state index contributed by atoms with van der Waals surface area (Å²) >= 11 is 0. The van der Waals surface area contributed by atoms with E-state index in [1.807, 2.05) is 20.8 Å². The second-order valence-electron chi connectivity index (χ2n) is 6.69. The standard InChI is InChI=1S/C20H31N5O2.HI/c1-6-21-20(23-12-10-18-24-19(14(2)3)25-27-18)22-11-9-16-8-7-15(4)17(13-16)26-5;/h7-8,13-14H,6,9-12H2,1-5H3,(H2,21,22,23);1H. The first-order valence-electron chi connectivity index (χ1n) is 9.51. The van der Waals surface area contributed by atoms with Crippen molar-refractivity contribution in [1.82, 2.24) is 20.8 Å². The molecule has 0 amide bonds. The maximum absolute atomic E-state index is 5.39. The second kappa shape index (κ2) is 12.6. The van der Waals surface area contributed by atoms with Crippen LogP contribution in [0.3, 0.4) is 0 Å². The lowest BCUT2D eigenvalue weighted by Gasteiger charge is -2.12. The van der Waals surface area contributed by atoms with Crippen molar-refractivity contribution < 1.29 is 9.26 Å². The zero-order chi connectivity index (χ0) is 19.6. The van der Waals surface area contributed by atoms with E-state index in [9.17, 15) is 0 Å². The van der Waals surface area contributed by atoms with Crippen LogP contribution in [0.2, 0.25) is 0 Å². The molecule has 0 spiro atoms. The third-order valence-electron chi connectivity index (χ3n) is 4.12. The SMILES string of the molecule is CCNC(=NCCc1nc(C(C)C)no1)NCCc1ccc(C)c(OC)c1.I. The Morgan fingerprint density at radius 3 is 2.68 bits per heavy atom. The maximum Gasteiger partial charge on any atom is 0.228 e. The smallest absolute Gasteiger partial charge is 0.228 e. The first-order valence-corrected chi connectivity index (χ1v) is 9.51. The molecule has 0 saturated carbocycles. The molecule has 28 heavy (non-hydrogen) atoms. The predicted octanol–water partition coefficient (Wildman–Crippen LogP) is 3.47. The largest absolute Gasteiger partial charge is 0.496 e. The Morgan fingerprint density at radius 2 is 2.04 bits per heavy atom. The molecule has 0 unspecified atom stereocenters. The lowest BCUT2D eigenvalue weighted by molar-refractivity contribution is 0.372. The topological polar surface area (TPSA) is 84.6 Å². The molecule has 0 fully saturated rings. The molecular weight excluding hydrogens is 469 g/mol. The highest BCUT2D eigenvalue weighted by Gasteiger charge is 2.09. The molecule has 8 heteroatoms. The summed E-state index contributed by atoms with van der Waals surface area (Å²) in [6.45, 7) is 10.4. The van der Waals surface area contributed by atoms with Crippen LogP contribution >= 0.6 is 24.0 Å². The minimum Gasteiger partial charge on any atom is -0.496 e. The van der Waals surface area contributed by atoms with Crippen molar-refractivity contribution in [2.75, 3.05) is 26.7 Å². The predicted molar refractivity (Wildman–Crippen MR) is 123 cm³/mol. The van der Waals surface area contributed by atoms with Crippen LogP contribution in [-0.2, 0) is 12.8 Å². The maximum atomic E-state index is 5.39. The van der Waals surface area contributed by atoms with Crippen molar-refractivity contribution in [2.45, 2.75) is 46.5 Å². The summed E-state index contributed by atoms with van der Waals surface area (Å²) in [5, 5.41) is 10.6. The van der Waals surface area contributed by atoms with Crippen LogP contribution < -0.4 is 15.4 Å². The normalized spacial score (nSPS) is 11.3. The minimum absolute atomic E-state index is 0. The third kappa shape index (κ3) is 7.65. The number of aromatic nitrogens is 2. The Balaban J connectivity index is 0.00000392. The van der Waals surface area contributed by atoms with Crippen LogP contribution in [-0.4, -0.2) is 42.8 Å². The summed E-state index contributed by atoms with van der Waals surface area (Å²) in [7, 11) is 1.70. The van der Waals surface area contributed by atoms with E-state index < -0.39 is 0 Å². The zero-order valence-electron chi connectivity index (χ0n) is 17.4. The van der Waals surface area contributed by atoms with Crippen molar-refractivity contribution in [1.29, 1.82) is 0 Å². The molecular formula is C20H32IN5O2. The van der Waals surface area contributed by atoms with Gasteiger partial charge in [-0.1, -0.05) is 31.1 Å². The first kappa shape index (κ1) is 24.2. The molecule has 1 heterocycles. The van der Waals surface area contributed by atoms with Gasteiger partial charge in [0.15, 0.2) is 11.8 Å². The Hall–Kier alpha value is -1.84. The molecule has 0 saturated heterocycles. The fourth-order valence-electron chi connectivity index (χ4n) is 2.55. The quantitative estimate of drug-likeness (QED) is 0.311. The second-order valence-corrected chi connectivity index (χ2v) is 6.69. The van der Waals surface area contributed by atoms with Gasteiger partial charge in [0.2, 0.25) is 5.89 Å². The van der Waals surface area contributed by atoms with E-state index in [1.54, 1.807) is 7.11 Å². The number of ether oxygens (including phenoxy) is 1. The van der Waals surface area contributed by atoms with Gasteiger partial charge in [0, 0.05) is 25.4 Å². The fraction of sp³-hybridized carbons (Fsp3) is 0.550. The van der Waals surface area contributed by atoms with Crippen LogP contribution in [0.25, 0.3) is 0 Å². The molecule has 0 radical (unpaired) electrons. The molecule has 0 aliphatic heterocycles. The average Bonchev–Trinajstić information content (AvgIpc) is 3.12. The number of guanidine groups is 1. The summed E-state index contributed by atoms with van der Waals surface area (Å²) in [4.78, 5) is 8.96. The Kier molecular flexibility index (Phi) is 10.9. The number of rotatable bonds is 9. The van der Waals surface area contributed by atoms with Crippen molar-refractivity contribution in [2.24, 2.45) is 4.99 Å². The van der Waals surface area contributed by atoms with E-state index in [2.05, 4.69) is 50.9 Å². The van der Waals surface area contributed by atoms with Crippen LogP contribution in [0.4, 0.5) is 0 Å². The van der Waals surface area contributed by atoms with Crippen LogP contribution in [0.5, 0.6) is 5.75 Å². The molecule has 0 atom stereocenters. The van der Waals surface area contributed by atoms with E-state index in [4.69, 9.17) is 9.26 Å².